The summed E-state index contributed by atoms with van der Waals surface area (Å²) in [5.74, 6) is -0.519. The third-order valence-corrected chi connectivity index (χ3v) is 2.91. The summed E-state index contributed by atoms with van der Waals surface area (Å²) in [5, 5.41) is 3.52. The van der Waals surface area contributed by atoms with Crippen LogP contribution >= 0.6 is 0 Å². The molecule has 1 amide bonds. The second-order valence-corrected chi connectivity index (χ2v) is 4.43. The van der Waals surface area contributed by atoms with Gasteiger partial charge in [-0.25, -0.2) is 4.39 Å². The molecule has 1 heterocycles. The molecule has 0 aliphatic carbocycles. The fourth-order valence-electron chi connectivity index (χ4n) is 1.95. The summed E-state index contributed by atoms with van der Waals surface area (Å²) in [7, 11) is 0. The number of hydrogen-bond donors (Lipinski definition) is 3. The van der Waals surface area contributed by atoms with Crippen LogP contribution in [0, 0.1) is 12.7 Å². The van der Waals surface area contributed by atoms with E-state index in [9.17, 15) is 9.18 Å². The molecule has 4 nitrogen and oxygen atoms in total. The lowest BCUT2D eigenvalue weighted by atomic mass is 10.1. The molecule has 1 aromatic carbocycles. The standard InChI is InChI=1S/C13H16FN3O/c1-7(6-15)16-13(18)12-8(2)17-11-5-9(14)3-4-10(11)12/h3-5,7,17H,6,15H2,1-2H3,(H,16,18). The average Bonchev–Trinajstić information content (AvgIpc) is 2.63. The van der Waals surface area contributed by atoms with Gasteiger partial charge < -0.3 is 16.0 Å². The Labute approximate surface area is 104 Å². The van der Waals surface area contributed by atoms with E-state index in [0.717, 1.165) is 11.1 Å². The van der Waals surface area contributed by atoms with Gasteiger partial charge in [-0.1, -0.05) is 0 Å². The highest BCUT2D eigenvalue weighted by Crippen LogP contribution is 2.22. The molecule has 0 saturated carbocycles. The predicted octanol–water partition coefficient (Wildman–Crippen LogP) is 1.69. The third kappa shape index (κ3) is 2.22. The summed E-state index contributed by atoms with van der Waals surface area (Å²) in [5.41, 5.74) is 7.36. The second-order valence-electron chi connectivity index (χ2n) is 4.43. The summed E-state index contributed by atoms with van der Waals surface area (Å²) < 4.78 is 13.1. The summed E-state index contributed by atoms with van der Waals surface area (Å²) in [4.78, 5) is 15.1. The molecular weight excluding hydrogens is 233 g/mol. The molecule has 0 aliphatic heterocycles. The number of benzene rings is 1. The van der Waals surface area contributed by atoms with Crippen molar-refractivity contribution in [2.24, 2.45) is 5.73 Å². The molecule has 0 spiro atoms. The molecule has 2 rings (SSSR count). The van der Waals surface area contributed by atoms with Gasteiger partial charge in [0.15, 0.2) is 0 Å². The maximum absolute atomic E-state index is 13.1. The van der Waals surface area contributed by atoms with Crippen molar-refractivity contribution in [3.05, 3.63) is 35.3 Å². The number of rotatable bonds is 3. The molecule has 1 unspecified atom stereocenters. The van der Waals surface area contributed by atoms with Crippen LogP contribution in [-0.4, -0.2) is 23.5 Å². The Morgan fingerprint density at radius 1 is 1.56 bits per heavy atom. The minimum Gasteiger partial charge on any atom is -0.358 e. The minimum absolute atomic E-state index is 0.0951. The number of H-pyrrole nitrogens is 1. The molecule has 2 aromatic rings. The van der Waals surface area contributed by atoms with E-state index < -0.39 is 0 Å². The van der Waals surface area contributed by atoms with E-state index in [1.165, 1.54) is 12.1 Å². The number of halogens is 1. The Balaban J connectivity index is 2.44. The van der Waals surface area contributed by atoms with Gasteiger partial charge >= 0.3 is 0 Å². The lowest BCUT2D eigenvalue weighted by Crippen LogP contribution is -2.37. The van der Waals surface area contributed by atoms with Crippen molar-refractivity contribution < 1.29 is 9.18 Å². The van der Waals surface area contributed by atoms with Gasteiger partial charge in [0.25, 0.3) is 5.91 Å². The first-order chi connectivity index (χ1) is 8.52. The maximum Gasteiger partial charge on any atom is 0.253 e. The van der Waals surface area contributed by atoms with E-state index in [2.05, 4.69) is 10.3 Å². The van der Waals surface area contributed by atoms with Gasteiger partial charge in [-0.15, -0.1) is 0 Å². The lowest BCUT2D eigenvalue weighted by molar-refractivity contribution is 0.0942. The smallest absolute Gasteiger partial charge is 0.253 e. The van der Waals surface area contributed by atoms with Crippen LogP contribution in [0.3, 0.4) is 0 Å². The first-order valence-corrected chi connectivity index (χ1v) is 5.81. The highest BCUT2D eigenvalue weighted by Gasteiger charge is 2.17. The quantitative estimate of drug-likeness (QED) is 0.774. The topological polar surface area (TPSA) is 70.9 Å². The molecule has 0 aliphatic rings. The van der Waals surface area contributed by atoms with Gasteiger partial charge in [-0.3, -0.25) is 4.79 Å². The van der Waals surface area contributed by atoms with Crippen molar-refractivity contribution in [1.29, 1.82) is 0 Å². The molecule has 1 aromatic heterocycles. The fourth-order valence-corrected chi connectivity index (χ4v) is 1.95. The molecular formula is C13H16FN3O. The van der Waals surface area contributed by atoms with Crippen LogP contribution < -0.4 is 11.1 Å². The van der Waals surface area contributed by atoms with E-state index in [1.807, 2.05) is 6.92 Å². The number of aryl methyl sites for hydroxylation is 1. The first-order valence-electron chi connectivity index (χ1n) is 5.81. The molecule has 18 heavy (non-hydrogen) atoms. The number of nitrogens with two attached hydrogens (primary N) is 1. The third-order valence-electron chi connectivity index (χ3n) is 2.91. The van der Waals surface area contributed by atoms with Gasteiger partial charge in [-0.05, 0) is 32.0 Å². The number of aromatic amines is 1. The van der Waals surface area contributed by atoms with E-state index in [1.54, 1.807) is 13.0 Å². The summed E-state index contributed by atoms with van der Waals surface area (Å²) in [6.45, 7) is 4.00. The molecule has 4 N–H and O–H groups in total. The van der Waals surface area contributed by atoms with E-state index >= 15 is 0 Å². The number of aromatic nitrogens is 1. The van der Waals surface area contributed by atoms with Crippen LogP contribution in [0.15, 0.2) is 18.2 Å². The normalized spacial score (nSPS) is 12.7. The van der Waals surface area contributed by atoms with Crippen LogP contribution in [0.5, 0.6) is 0 Å². The lowest BCUT2D eigenvalue weighted by Gasteiger charge is -2.11. The van der Waals surface area contributed by atoms with Crippen molar-refractivity contribution in [2.75, 3.05) is 6.54 Å². The van der Waals surface area contributed by atoms with Crippen LogP contribution in [0.2, 0.25) is 0 Å². The number of fused-ring (bicyclic) bond motifs is 1. The van der Waals surface area contributed by atoms with Gasteiger partial charge in [0.1, 0.15) is 5.82 Å². The molecule has 96 valence electrons. The maximum atomic E-state index is 13.1. The Morgan fingerprint density at radius 3 is 2.94 bits per heavy atom. The van der Waals surface area contributed by atoms with Gasteiger partial charge in [0.2, 0.25) is 0 Å². The minimum atomic E-state index is -0.328. The van der Waals surface area contributed by atoms with E-state index in [0.29, 0.717) is 17.6 Å². The summed E-state index contributed by atoms with van der Waals surface area (Å²) >= 11 is 0. The van der Waals surface area contributed by atoms with Gasteiger partial charge in [0.05, 0.1) is 5.56 Å². The number of amides is 1. The van der Waals surface area contributed by atoms with E-state index in [-0.39, 0.29) is 17.8 Å². The SMILES string of the molecule is Cc1[nH]c2cc(F)ccc2c1C(=O)NC(C)CN. The molecule has 1 atom stereocenters. The van der Waals surface area contributed by atoms with Crippen molar-refractivity contribution in [3.63, 3.8) is 0 Å². The fraction of sp³-hybridized carbons (Fsp3) is 0.308. The molecule has 0 radical (unpaired) electrons. The number of carbonyl (C=O) groups is 1. The zero-order chi connectivity index (χ0) is 13.3. The Morgan fingerprint density at radius 2 is 2.28 bits per heavy atom. The van der Waals surface area contributed by atoms with Crippen molar-refractivity contribution in [2.45, 2.75) is 19.9 Å². The van der Waals surface area contributed by atoms with Gasteiger partial charge in [0, 0.05) is 29.2 Å². The largest absolute Gasteiger partial charge is 0.358 e. The van der Waals surface area contributed by atoms with Gasteiger partial charge in [-0.2, -0.15) is 0 Å². The Bertz CT molecular complexity index is 591. The van der Waals surface area contributed by atoms with E-state index in [4.69, 9.17) is 5.73 Å². The summed E-state index contributed by atoms with van der Waals surface area (Å²) in [6.07, 6.45) is 0. The molecule has 5 heteroatoms. The molecule has 0 bridgehead atoms. The molecule has 0 saturated heterocycles. The van der Waals surface area contributed by atoms with Crippen molar-refractivity contribution in [1.82, 2.24) is 10.3 Å². The predicted molar refractivity (Wildman–Crippen MR) is 69.0 cm³/mol. The van der Waals surface area contributed by atoms with Crippen LogP contribution in [0.25, 0.3) is 10.9 Å². The van der Waals surface area contributed by atoms with Crippen LogP contribution in [0.1, 0.15) is 23.0 Å². The Kier molecular flexibility index (Phi) is 3.34. The van der Waals surface area contributed by atoms with Crippen molar-refractivity contribution >= 4 is 16.8 Å². The van der Waals surface area contributed by atoms with Crippen LogP contribution in [-0.2, 0) is 0 Å². The number of carbonyl (C=O) groups excluding carboxylic acids is 1. The average molecular weight is 249 g/mol. The zero-order valence-electron chi connectivity index (χ0n) is 10.4. The molecule has 0 fully saturated rings. The number of nitrogens with one attached hydrogen (secondary N) is 2. The zero-order valence-corrected chi connectivity index (χ0v) is 10.4. The summed E-state index contributed by atoms with van der Waals surface area (Å²) in [6, 6.07) is 4.24. The second kappa shape index (κ2) is 4.78. The van der Waals surface area contributed by atoms with Crippen molar-refractivity contribution in [3.8, 4) is 0 Å². The van der Waals surface area contributed by atoms with Crippen LogP contribution in [0.4, 0.5) is 4.39 Å². The highest BCUT2D eigenvalue weighted by atomic mass is 19.1. The highest BCUT2D eigenvalue weighted by molar-refractivity contribution is 6.08. The number of hydrogen-bond acceptors (Lipinski definition) is 2. The monoisotopic (exact) mass is 249 g/mol. The Hall–Kier alpha value is -1.88. The first kappa shape index (κ1) is 12.6.